The van der Waals surface area contributed by atoms with E-state index in [1.165, 1.54) is 153 Å². The van der Waals surface area contributed by atoms with Gasteiger partial charge in [0.15, 0.2) is 0 Å². The molecule has 342 valence electrons. The maximum absolute atomic E-state index is 2.47. The average Bonchev–Trinajstić information content (AvgIpc) is 3.47. The average molecular weight is 935 g/mol. The summed E-state index contributed by atoms with van der Waals surface area (Å²) in [6.45, 7) is 0. The summed E-state index contributed by atoms with van der Waals surface area (Å²) in [6, 6.07) is 104. The highest BCUT2D eigenvalue weighted by Crippen LogP contribution is 2.49. The van der Waals surface area contributed by atoms with Crippen molar-refractivity contribution >= 4 is 86.2 Å². The fraction of sp³-hybridized carbons (Fsp3) is 0. The van der Waals surface area contributed by atoms with Crippen LogP contribution in [0, 0.1) is 0 Å². The van der Waals surface area contributed by atoms with Crippen LogP contribution >= 0.6 is 0 Å². The number of hydrogen-bond acceptors (Lipinski definition) is 0. The molecule has 0 fully saturated rings. The summed E-state index contributed by atoms with van der Waals surface area (Å²) in [5.41, 5.74) is 14.6. The van der Waals surface area contributed by atoms with Crippen LogP contribution in [0.4, 0.5) is 0 Å². The Balaban J connectivity index is 1.05. The third-order valence-corrected chi connectivity index (χ3v) is 15.7. The minimum Gasteiger partial charge on any atom is -0.0616 e. The molecule has 0 aliphatic carbocycles. The summed E-state index contributed by atoms with van der Waals surface area (Å²) in [5, 5.41) is 19.8. The van der Waals surface area contributed by atoms with Crippen molar-refractivity contribution in [2.24, 2.45) is 0 Å². The Morgan fingerprint density at radius 3 is 0.662 bits per heavy atom. The van der Waals surface area contributed by atoms with Crippen molar-refractivity contribution in [1.29, 1.82) is 0 Å². The van der Waals surface area contributed by atoms with E-state index in [-0.39, 0.29) is 0 Å². The number of rotatable bonds is 6. The van der Waals surface area contributed by atoms with Crippen LogP contribution in [0.5, 0.6) is 0 Å². The monoisotopic (exact) mass is 934 g/mol. The number of hydrogen-bond donors (Lipinski definition) is 0. The zero-order valence-corrected chi connectivity index (χ0v) is 40.6. The summed E-state index contributed by atoms with van der Waals surface area (Å²) in [5.74, 6) is 0. The van der Waals surface area contributed by atoms with Crippen LogP contribution in [0.25, 0.3) is 153 Å². The number of fused-ring (bicyclic) bond motifs is 8. The molecule has 0 amide bonds. The second-order valence-electron chi connectivity index (χ2n) is 19.9. The van der Waals surface area contributed by atoms with E-state index in [1.54, 1.807) is 0 Å². The van der Waals surface area contributed by atoms with Gasteiger partial charge in [0.2, 0.25) is 0 Å². The van der Waals surface area contributed by atoms with Crippen LogP contribution in [0.1, 0.15) is 0 Å². The van der Waals surface area contributed by atoms with Gasteiger partial charge >= 0.3 is 0 Å². The van der Waals surface area contributed by atoms with E-state index in [4.69, 9.17) is 0 Å². The molecule has 0 aliphatic heterocycles. The lowest BCUT2D eigenvalue weighted by Crippen LogP contribution is -1.94. The van der Waals surface area contributed by atoms with E-state index in [0.717, 1.165) is 0 Å². The zero-order valence-electron chi connectivity index (χ0n) is 40.6. The molecule has 0 atom stereocenters. The molecule has 0 aliphatic rings. The maximum atomic E-state index is 2.47. The third-order valence-electron chi connectivity index (χ3n) is 15.7. The Morgan fingerprint density at radius 1 is 0.135 bits per heavy atom. The topological polar surface area (TPSA) is 0 Å². The summed E-state index contributed by atoms with van der Waals surface area (Å²) in [7, 11) is 0. The van der Waals surface area contributed by atoms with Gasteiger partial charge in [0, 0.05) is 0 Å². The van der Waals surface area contributed by atoms with Crippen molar-refractivity contribution in [3.05, 3.63) is 279 Å². The Labute approximate surface area is 429 Å². The molecule has 0 N–H and O–H groups in total. The van der Waals surface area contributed by atoms with Crippen molar-refractivity contribution in [3.8, 4) is 66.8 Å². The Bertz CT molecular complexity index is 4300. The molecule has 0 saturated carbocycles. The molecule has 0 spiro atoms. The lowest BCUT2D eigenvalue weighted by Gasteiger charge is -2.21. The lowest BCUT2D eigenvalue weighted by atomic mass is 9.82. The van der Waals surface area contributed by atoms with Gasteiger partial charge in [-0.15, -0.1) is 0 Å². The quantitative estimate of drug-likeness (QED) is 0.146. The molecule has 15 aromatic rings. The fourth-order valence-corrected chi connectivity index (χ4v) is 12.5. The van der Waals surface area contributed by atoms with E-state index in [2.05, 4.69) is 279 Å². The second-order valence-corrected chi connectivity index (χ2v) is 19.9. The van der Waals surface area contributed by atoms with Crippen molar-refractivity contribution < 1.29 is 0 Å². The van der Waals surface area contributed by atoms with Crippen molar-refractivity contribution in [1.82, 2.24) is 0 Å². The standard InChI is InChI=1S/C74H46/c1-7-27-59-47(19-1)25-17-37-61(59)53-41-55(71-63-29-9-3-21-49(63)39-50-22-4-10-30-64(50)71)45-57(43-53)73-67-33-13-15-35-69(67)74(70-36-16-14-34-68(70)73)58-44-54(62-38-18-26-48-20-2-8-28-60(48)62)42-56(46-58)72-65-31-11-5-23-51(65)40-52-24-6-12-32-66(52)72/h1-46H. The first-order valence-corrected chi connectivity index (χ1v) is 25.7. The SMILES string of the molecule is c1ccc2c(-c3cc(-c4c5ccccc5cc5ccccc45)cc(-c4c5ccccc5c(-c5cc(-c6cccc7ccccc67)cc(-c6c7ccccc7cc7ccccc67)c5)c5ccccc45)c3)cccc2c1. The van der Waals surface area contributed by atoms with Gasteiger partial charge in [-0.05, 0) is 201 Å². The van der Waals surface area contributed by atoms with Gasteiger partial charge in [0.05, 0.1) is 0 Å². The first-order chi connectivity index (χ1) is 36.7. The molecule has 0 heteroatoms. The van der Waals surface area contributed by atoms with Gasteiger partial charge < -0.3 is 0 Å². The predicted octanol–water partition coefficient (Wildman–Crippen LogP) is 20.9. The molecule has 0 radical (unpaired) electrons. The highest BCUT2D eigenvalue weighted by Gasteiger charge is 2.22. The van der Waals surface area contributed by atoms with Gasteiger partial charge in [-0.25, -0.2) is 0 Å². The van der Waals surface area contributed by atoms with Crippen LogP contribution in [0.15, 0.2) is 279 Å². The molecule has 0 bridgehead atoms. The van der Waals surface area contributed by atoms with Crippen LogP contribution in [0.3, 0.4) is 0 Å². The van der Waals surface area contributed by atoms with Gasteiger partial charge in [-0.1, -0.05) is 231 Å². The smallest absolute Gasteiger partial charge is 0.00259 e. The van der Waals surface area contributed by atoms with Crippen molar-refractivity contribution in [3.63, 3.8) is 0 Å². The summed E-state index contributed by atoms with van der Waals surface area (Å²) < 4.78 is 0. The van der Waals surface area contributed by atoms with Gasteiger partial charge in [-0.3, -0.25) is 0 Å². The van der Waals surface area contributed by atoms with Crippen LogP contribution in [0.2, 0.25) is 0 Å². The van der Waals surface area contributed by atoms with Crippen molar-refractivity contribution in [2.75, 3.05) is 0 Å². The first kappa shape index (κ1) is 42.1. The summed E-state index contributed by atoms with van der Waals surface area (Å²) in [4.78, 5) is 0. The minimum absolute atomic E-state index is 1.19. The van der Waals surface area contributed by atoms with E-state index >= 15 is 0 Å². The zero-order chi connectivity index (χ0) is 48.7. The molecule has 0 heterocycles. The van der Waals surface area contributed by atoms with Gasteiger partial charge in [0.1, 0.15) is 0 Å². The third kappa shape index (κ3) is 6.77. The summed E-state index contributed by atoms with van der Waals surface area (Å²) in [6.07, 6.45) is 0. The molecule has 0 nitrogen and oxygen atoms in total. The predicted molar refractivity (Wildman–Crippen MR) is 319 cm³/mol. The molecule has 74 heavy (non-hydrogen) atoms. The van der Waals surface area contributed by atoms with E-state index in [9.17, 15) is 0 Å². The van der Waals surface area contributed by atoms with Crippen LogP contribution in [-0.4, -0.2) is 0 Å². The molecule has 15 aromatic carbocycles. The van der Waals surface area contributed by atoms with Gasteiger partial charge in [0.25, 0.3) is 0 Å². The molecular weight excluding hydrogens is 889 g/mol. The molecular formula is C74H46. The Hall–Kier alpha value is -9.62. The molecule has 0 saturated heterocycles. The molecule has 0 unspecified atom stereocenters. The van der Waals surface area contributed by atoms with Crippen LogP contribution < -0.4 is 0 Å². The second kappa shape index (κ2) is 17.0. The maximum Gasteiger partial charge on any atom is -0.00259 e. The minimum atomic E-state index is 1.19. The Morgan fingerprint density at radius 2 is 0.351 bits per heavy atom. The highest BCUT2D eigenvalue weighted by molar-refractivity contribution is 6.23. The highest BCUT2D eigenvalue weighted by atomic mass is 14.3. The molecule has 15 rings (SSSR count). The first-order valence-electron chi connectivity index (χ1n) is 25.7. The van der Waals surface area contributed by atoms with E-state index < -0.39 is 0 Å². The van der Waals surface area contributed by atoms with Crippen molar-refractivity contribution in [2.45, 2.75) is 0 Å². The Kier molecular flexibility index (Phi) is 9.68. The van der Waals surface area contributed by atoms with E-state index in [1.807, 2.05) is 0 Å². The largest absolute Gasteiger partial charge is 0.0616 e. The fourth-order valence-electron chi connectivity index (χ4n) is 12.5. The normalized spacial score (nSPS) is 11.8. The lowest BCUT2D eigenvalue weighted by molar-refractivity contribution is 1.61. The van der Waals surface area contributed by atoms with Gasteiger partial charge in [-0.2, -0.15) is 0 Å². The summed E-state index contributed by atoms with van der Waals surface area (Å²) >= 11 is 0. The van der Waals surface area contributed by atoms with Crippen LogP contribution in [-0.2, 0) is 0 Å². The molecule has 0 aromatic heterocycles. The van der Waals surface area contributed by atoms with E-state index in [0.29, 0.717) is 0 Å². The number of benzene rings is 15.